The Labute approximate surface area is 177 Å². The molecule has 10 heteroatoms. The second-order valence-corrected chi connectivity index (χ2v) is 7.71. The first-order valence-corrected chi connectivity index (χ1v) is 10.2. The highest BCUT2D eigenvalue weighted by Gasteiger charge is 2.36. The van der Waals surface area contributed by atoms with Crippen molar-refractivity contribution >= 4 is 11.7 Å². The van der Waals surface area contributed by atoms with Crippen LogP contribution in [0.15, 0.2) is 54.5 Å². The van der Waals surface area contributed by atoms with Crippen LogP contribution in [0.3, 0.4) is 0 Å². The molecule has 1 amide bonds. The van der Waals surface area contributed by atoms with E-state index in [4.69, 9.17) is 0 Å². The summed E-state index contributed by atoms with van der Waals surface area (Å²) in [5.74, 6) is 0.281. The van der Waals surface area contributed by atoms with E-state index in [0.29, 0.717) is 24.4 Å². The SMILES string of the molecule is C[C@@H]1[C@H](Nc2ccc(C(F)(F)F)cn2)CCCN1C(=O)C1=CC=CCC1n1nccn1. The molecule has 1 aliphatic carbocycles. The first-order chi connectivity index (χ1) is 14.8. The number of nitrogens with one attached hydrogen (secondary N) is 1. The molecule has 0 bridgehead atoms. The summed E-state index contributed by atoms with van der Waals surface area (Å²) in [6.45, 7) is 2.55. The minimum atomic E-state index is -4.42. The molecular weight excluding hydrogens is 409 g/mol. The van der Waals surface area contributed by atoms with E-state index in [2.05, 4.69) is 20.5 Å². The summed E-state index contributed by atoms with van der Waals surface area (Å²) < 4.78 is 38.3. The summed E-state index contributed by atoms with van der Waals surface area (Å²) in [6, 6.07) is 1.78. The van der Waals surface area contributed by atoms with E-state index in [-0.39, 0.29) is 24.0 Å². The van der Waals surface area contributed by atoms with Gasteiger partial charge in [-0.1, -0.05) is 18.2 Å². The summed E-state index contributed by atoms with van der Waals surface area (Å²) in [5.41, 5.74) is -0.166. The average molecular weight is 432 g/mol. The van der Waals surface area contributed by atoms with Crippen molar-refractivity contribution in [1.82, 2.24) is 24.9 Å². The number of anilines is 1. The number of carbonyl (C=O) groups excluding carboxylic acids is 1. The van der Waals surface area contributed by atoms with Gasteiger partial charge in [0.05, 0.1) is 18.0 Å². The molecule has 0 radical (unpaired) electrons. The second-order valence-electron chi connectivity index (χ2n) is 7.71. The minimum Gasteiger partial charge on any atom is -0.365 e. The van der Waals surface area contributed by atoms with Crippen molar-refractivity contribution in [2.24, 2.45) is 0 Å². The summed E-state index contributed by atoms with van der Waals surface area (Å²) in [6.07, 6.45) is 7.41. The maximum Gasteiger partial charge on any atom is 0.417 e. The van der Waals surface area contributed by atoms with Crippen molar-refractivity contribution in [2.75, 3.05) is 11.9 Å². The summed E-state index contributed by atoms with van der Waals surface area (Å²) >= 11 is 0. The maximum absolute atomic E-state index is 13.4. The molecule has 1 N–H and O–H groups in total. The lowest BCUT2D eigenvalue weighted by molar-refractivity contribution is -0.137. The number of halogens is 3. The Morgan fingerprint density at radius 3 is 2.68 bits per heavy atom. The number of rotatable bonds is 4. The molecule has 0 spiro atoms. The van der Waals surface area contributed by atoms with E-state index < -0.39 is 11.7 Å². The van der Waals surface area contributed by atoms with Gasteiger partial charge >= 0.3 is 6.18 Å². The fourth-order valence-electron chi connectivity index (χ4n) is 4.06. The maximum atomic E-state index is 13.4. The zero-order valence-corrected chi connectivity index (χ0v) is 17.0. The van der Waals surface area contributed by atoms with Crippen LogP contribution >= 0.6 is 0 Å². The predicted octanol–water partition coefficient (Wildman–Crippen LogP) is 3.61. The highest BCUT2D eigenvalue weighted by molar-refractivity contribution is 5.95. The van der Waals surface area contributed by atoms with E-state index >= 15 is 0 Å². The van der Waals surface area contributed by atoms with E-state index in [1.807, 2.05) is 24.0 Å². The molecule has 1 fully saturated rings. The Kier molecular flexibility index (Phi) is 5.79. The van der Waals surface area contributed by atoms with Crippen molar-refractivity contribution in [3.05, 3.63) is 60.1 Å². The number of alkyl halides is 3. The number of hydrogen-bond donors (Lipinski definition) is 1. The van der Waals surface area contributed by atoms with Crippen LogP contribution in [-0.4, -0.2) is 49.4 Å². The van der Waals surface area contributed by atoms with Gasteiger partial charge in [-0.3, -0.25) is 4.79 Å². The van der Waals surface area contributed by atoms with Crippen molar-refractivity contribution in [3.63, 3.8) is 0 Å². The van der Waals surface area contributed by atoms with Crippen LogP contribution < -0.4 is 5.32 Å². The third-order valence-corrected chi connectivity index (χ3v) is 5.77. The highest BCUT2D eigenvalue weighted by Crippen LogP contribution is 2.31. The Hall–Kier alpha value is -3.17. The number of likely N-dealkylation sites (tertiary alicyclic amines) is 1. The van der Waals surface area contributed by atoms with Gasteiger partial charge in [0.2, 0.25) is 0 Å². The molecule has 2 aromatic rings. The van der Waals surface area contributed by atoms with Gasteiger partial charge in [0.1, 0.15) is 11.9 Å². The quantitative estimate of drug-likeness (QED) is 0.799. The van der Waals surface area contributed by atoms with E-state index in [9.17, 15) is 18.0 Å². The third kappa shape index (κ3) is 4.47. The van der Waals surface area contributed by atoms with Crippen LogP contribution in [0.5, 0.6) is 0 Å². The lowest BCUT2D eigenvalue weighted by Gasteiger charge is -2.41. The molecule has 3 heterocycles. The van der Waals surface area contributed by atoms with Gasteiger partial charge in [-0.2, -0.15) is 28.2 Å². The molecule has 1 aliphatic heterocycles. The van der Waals surface area contributed by atoms with Gasteiger partial charge in [0, 0.05) is 30.4 Å². The number of allylic oxidation sites excluding steroid dienone is 3. The van der Waals surface area contributed by atoms with Gasteiger partial charge in [-0.15, -0.1) is 0 Å². The Bertz CT molecular complexity index is 968. The smallest absolute Gasteiger partial charge is 0.365 e. The number of amides is 1. The molecule has 3 atom stereocenters. The van der Waals surface area contributed by atoms with Crippen LogP contribution in [0.4, 0.5) is 19.0 Å². The molecule has 164 valence electrons. The van der Waals surface area contributed by atoms with E-state index in [0.717, 1.165) is 25.1 Å². The molecule has 7 nitrogen and oxygen atoms in total. The van der Waals surface area contributed by atoms with E-state index in [1.165, 1.54) is 6.07 Å². The number of carbonyl (C=O) groups is 1. The number of piperidine rings is 1. The lowest BCUT2D eigenvalue weighted by atomic mass is 9.93. The van der Waals surface area contributed by atoms with Gasteiger partial charge in [-0.25, -0.2) is 4.98 Å². The minimum absolute atomic E-state index is 0.0778. The van der Waals surface area contributed by atoms with Crippen molar-refractivity contribution < 1.29 is 18.0 Å². The van der Waals surface area contributed by atoms with Crippen LogP contribution in [0.25, 0.3) is 0 Å². The molecule has 0 aromatic carbocycles. The topological polar surface area (TPSA) is 75.9 Å². The highest BCUT2D eigenvalue weighted by atomic mass is 19.4. The zero-order valence-electron chi connectivity index (χ0n) is 17.0. The number of nitrogens with zero attached hydrogens (tertiary/aromatic N) is 5. The number of hydrogen-bond acceptors (Lipinski definition) is 5. The molecule has 1 unspecified atom stereocenters. The third-order valence-electron chi connectivity index (χ3n) is 5.77. The monoisotopic (exact) mass is 432 g/mol. The van der Waals surface area contributed by atoms with Gasteiger partial charge < -0.3 is 10.2 Å². The van der Waals surface area contributed by atoms with Gasteiger partial charge in [-0.05, 0) is 38.3 Å². The van der Waals surface area contributed by atoms with Crippen LogP contribution in [0, 0.1) is 0 Å². The number of aromatic nitrogens is 4. The summed E-state index contributed by atoms with van der Waals surface area (Å²) in [4.78, 5) is 20.7. The molecule has 2 aliphatic rings. The van der Waals surface area contributed by atoms with Crippen LogP contribution in [0.2, 0.25) is 0 Å². The summed E-state index contributed by atoms with van der Waals surface area (Å²) in [5, 5.41) is 11.6. The normalized spacial score (nSPS) is 24.1. The molecule has 31 heavy (non-hydrogen) atoms. The average Bonchev–Trinajstić information content (AvgIpc) is 3.29. The lowest BCUT2D eigenvalue weighted by Crippen LogP contribution is -2.53. The van der Waals surface area contributed by atoms with Crippen LogP contribution in [0.1, 0.15) is 37.8 Å². The largest absolute Gasteiger partial charge is 0.417 e. The summed E-state index contributed by atoms with van der Waals surface area (Å²) in [7, 11) is 0. The standard InChI is InChI=1S/C21H23F3N6O/c1-14-17(28-19-9-8-15(13-25-19)21(22,23)24)6-4-12-29(14)20(31)16-5-2-3-7-18(16)30-26-10-11-27-30/h2-3,5,8-11,13-14,17-18H,4,6-7,12H2,1H3,(H,25,28)/t14-,17-,18?/m1/s1. The predicted molar refractivity (Wildman–Crippen MR) is 108 cm³/mol. The van der Waals surface area contributed by atoms with E-state index in [1.54, 1.807) is 23.3 Å². The first kappa shape index (κ1) is 21.1. The van der Waals surface area contributed by atoms with Crippen LogP contribution in [-0.2, 0) is 11.0 Å². The Morgan fingerprint density at radius 2 is 2.00 bits per heavy atom. The molecule has 2 aromatic heterocycles. The molecule has 4 rings (SSSR count). The van der Waals surface area contributed by atoms with Gasteiger partial charge in [0.15, 0.2) is 0 Å². The molecule has 1 saturated heterocycles. The first-order valence-electron chi connectivity index (χ1n) is 10.2. The fourth-order valence-corrected chi connectivity index (χ4v) is 4.06. The van der Waals surface area contributed by atoms with Crippen molar-refractivity contribution in [1.29, 1.82) is 0 Å². The van der Waals surface area contributed by atoms with Gasteiger partial charge in [0.25, 0.3) is 5.91 Å². The second kappa shape index (κ2) is 8.52. The number of pyridine rings is 1. The van der Waals surface area contributed by atoms with Crippen molar-refractivity contribution in [3.8, 4) is 0 Å². The Balaban J connectivity index is 1.48. The zero-order chi connectivity index (χ0) is 22.0. The molecular formula is C21H23F3N6O. The fraction of sp³-hybridized carbons (Fsp3) is 0.429. The van der Waals surface area contributed by atoms with Crippen molar-refractivity contribution in [2.45, 2.75) is 50.5 Å². The Morgan fingerprint density at radius 1 is 1.23 bits per heavy atom. The molecule has 0 saturated carbocycles.